The number of rotatable bonds is 52. The largest absolute Gasteiger partial charge is 0.462 e. The van der Waals surface area contributed by atoms with Crippen LogP contribution in [0, 0.1) is 0 Å². The fourth-order valence-electron chi connectivity index (χ4n) is 8.29. The fourth-order valence-corrected chi connectivity index (χ4v) is 8.29. The molecule has 0 aromatic heterocycles. The molecule has 0 bridgehead atoms. The Hall–Kier alpha value is -2.37. The van der Waals surface area contributed by atoms with Crippen LogP contribution in [0.1, 0.15) is 303 Å². The van der Waals surface area contributed by atoms with E-state index in [9.17, 15) is 14.4 Å². The Labute approximate surface area is 404 Å². The smallest absolute Gasteiger partial charge is 0.306 e. The number of hydrogen-bond donors (Lipinski definition) is 0. The SMILES string of the molecule is CCCCC/C=C\C/C=C\CCCCCCCC(=O)OC[C@H](COC(=O)CCCCCCCCCCCCCCCCCCC)OC(=O)CCCCCCCCC/C=C\CCCCCC. The van der Waals surface area contributed by atoms with Gasteiger partial charge in [-0.25, -0.2) is 0 Å². The second-order valence-corrected chi connectivity index (χ2v) is 19.2. The molecule has 0 saturated heterocycles. The van der Waals surface area contributed by atoms with Crippen LogP contribution in [0.3, 0.4) is 0 Å². The summed E-state index contributed by atoms with van der Waals surface area (Å²) in [6, 6.07) is 0. The average molecular weight is 914 g/mol. The van der Waals surface area contributed by atoms with Crippen LogP contribution in [0.15, 0.2) is 36.5 Å². The zero-order valence-corrected chi connectivity index (χ0v) is 43.5. The number of carbonyl (C=O) groups excluding carboxylic acids is 3. The van der Waals surface area contributed by atoms with Gasteiger partial charge < -0.3 is 14.2 Å². The van der Waals surface area contributed by atoms with E-state index in [1.165, 1.54) is 186 Å². The van der Waals surface area contributed by atoms with Gasteiger partial charge in [0.25, 0.3) is 0 Å². The molecule has 0 amide bonds. The average Bonchev–Trinajstić information content (AvgIpc) is 3.30. The monoisotopic (exact) mass is 913 g/mol. The summed E-state index contributed by atoms with van der Waals surface area (Å²) in [5.41, 5.74) is 0. The van der Waals surface area contributed by atoms with Crippen LogP contribution in [0.2, 0.25) is 0 Å². The molecule has 0 fully saturated rings. The molecule has 0 aliphatic heterocycles. The maximum Gasteiger partial charge on any atom is 0.306 e. The quantitative estimate of drug-likeness (QED) is 0.0262. The van der Waals surface area contributed by atoms with Crippen molar-refractivity contribution in [3.8, 4) is 0 Å². The molecular weight excluding hydrogens is 805 g/mol. The Balaban J connectivity index is 4.36. The standard InChI is InChI=1S/C59H108O6/c1-4-7-10-13-16-19-22-25-28-29-32-34-37-40-43-46-49-52-58(61)64-55-56(65-59(62)53-50-47-44-41-38-35-31-27-24-21-18-15-12-9-6-3)54-63-57(60)51-48-45-42-39-36-33-30-26-23-20-17-14-11-8-5-2/h17,20-21,24,26,30,56H,4-16,18-19,22-23,25,27-29,31-55H2,1-3H3/b20-17-,24-21-,30-26-/t56-/m1/s1. The lowest BCUT2D eigenvalue weighted by molar-refractivity contribution is -0.167. The summed E-state index contributed by atoms with van der Waals surface area (Å²) in [6.45, 7) is 6.62. The molecule has 6 nitrogen and oxygen atoms in total. The van der Waals surface area contributed by atoms with Crippen molar-refractivity contribution >= 4 is 17.9 Å². The highest BCUT2D eigenvalue weighted by atomic mass is 16.6. The van der Waals surface area contributed by atoms with Crippen molar-refractivity contribution in [3.63, 3.8) is 0 Å². The Bertz CT molecular complexity index is 1090. The first-order chi connectivity index (χ1) is 32.0. The molecule has 380 valence electrons. The highest BCUT2D eigenvalue weighted by molar-refractivity contribution is 5.71. The van der Waals surface area contributed by atoms with Crippen molar-refractivity contribution < 1.29 is 28.6 Å². The first kappa shape index (κ1) is 62.6. The van der Waals surface area contributed by atoms with Crippen LogP contribution in [0.5, 0.6) is 0 Å². The van der Waals surface area contributed by atoms with Gasteiger partial charge >= 0.3 is 17.9 Å². The van der Waals surface area contributed by atoms with E-state index in [-0.39, 0.29) is 31.1 Å². The maximum atomic E-state index is 12.8. The molecule has 6 heteroatoms. The number of ether oxygens (including phenoxy) is 3. The number of esters is 3. The van der Waals surface area contributed by atoms with E-state index < -0.39 is 6.10 Å². The molecule has 0 aromatic rings. The normalized spacial score (nSPS) is 12.2. The summed E-state index contributed by atoms with van der Waals surface area (Å²) in [5.74, 6) is -0.877. The van der Waals surface area contributed by atoms with E-state index in [0.29, 0.717) is 19.3 Å². The van der Waals surface area contributed by atoms with Gasteiger partial charge in [-0.2, -0.15) is 0 Å². The molecule has 0 aromatic carbocycles. The Kier molecular flexibility index (Phi) is 52.3. The van der Waals surface area contributed by atoms with Crippen molar-refractivity contribution in [1.29, 1.82) is 0 Å². The zero-order valence-electron chi connectivity index (χ0n) is 43.5. The van der Waals surface area contributed by atoms with Crippen LogP contribution in [0.4, 0.5) is 0 Å². The minimum absolute atomic E-state index is 0.0749. The fraction of sp³-hybridized carbons (Fsp3) is 0.847. The van der Waals surface area contributed by atoms with Gasteiger partial charge in [0.1, 0.15) is 13.2 Å². The third-order valence-corrected chi connectivity index (χ3v) is 12.6. The molecule has 0 unspecified atom stereocenters. The summed E-state index contributed by atoms with van der Waals surface area (Å²) in [6.07, 6.45) is 64.1. The predicted molar refractivity (Wildman–Crippen MR) is 279 cm³/mol. The van der Waals surface area contributed by atoms with E-state index in [2.05, 4.69) is 57.2 Å². The first-order valence-corrected chi connectivity index (χ1v) is 28.5. The molecule has 0 N–H and O–H groups in total. The first-order valence-electron chi connectivity index (χ1n) is 28.5. The van der Waals surface area contributed by atoms with Crippen molar-refractivity contribution in [2.45, 2.75) is 309 Å². The number of allylic oxidation sites excluding steroid dienone is 6. The lowest BCUT2D eigenvalue weighted by Gasteiger charge is -2.18. The number of hydrogen-bond acceptors (Lipinski definition) is 6. The van der Waals surface area contributed by atoms with Crippen LogP contribution >= 0.6 is 0 Å². The van der Waals surface area contributed by atoms with Crippen molar-refractivity contribution in [1.82, 2.24) is 0 Å². The second kappa shape index (κ2) is 54.2. The molecule has 1 atom stereocenters. The molecule has 0 aliphatic rings. The maximum absolute atomic E-state index is 12.8. The Morgan fingerprint density at radius 1 is 0.308 bits per heavy atom. The van der Waals surface area contributed by atoms with Crippen LogP contribution < -0.4 is 0 Å². The number of unbranched alkanes of at least 4 members (excludes halogenated alkanes) is 35. The summed E-state index contributed by atoms with van der Waals surface area (Å²) in [7, 11) is 0. The molecule has 0 spiro atoms. The molecule has 0 radical (unpaired) electrons. The number of carbonyl (C=O) groups is 3. The van der Waals surface area contributed by atoms with E-state index in [0.717, 1.165) is 77.0 Å². The topological polar surface area (TPSA) is 78.9 Å². The molecule has 0 rings (SSSR count). The van der Waals surface area contributed by atoms with Crippen LogP contribution in [-0.2, 0) is 28.6 Å². The van der Waals surface area contributed by atoms with E-state index >= 15 is 0 Å². The van der Waals surface area contributed by atoms with E-state index in [1.54, 1.807) is 0 Å². The third kappa shape index (κ3) is 52.5. The summed E-state index contributed by atoms with van der Waals surface area (Å²) in [5, 5.41) is 0. The van der Waals surface area contributed by atoms with Gasteiger partial charge in [-0.05, 0) is 77.0 Å². The summed E-state index contributed by atoms with van der Waals surface area (Å²) >= 11 is 0. The highest BCUT2D eigenvalue weighted by Gasteiger charge is 2.19. The highest BCUT2D eigenvalue weighted by Crippen LogP contribution is 2.16. The summed E-state index contributed by atoms with van der Waals surface area (Å²) < 4.78 is 16.9. The van der Waals surface area contributed by atoms with Gasteiger partial charge in [0.2, 0.25) is 0 Å². The third-order valence-electron chi connectivity index (χ3n) is 12.6. The second-order valence-electron chi connectivity index (χ2n) is 19.2. The van der Waals surface area contributed by atoms with Gasteiger partial charge in [0, 0.05) is 19.3 Å². The minimum atomic E-state index is -0.777. The summed E-state index contributed by atoms with van der Waals surface area (Å²) in [4.78, 5) is 38.1. The van der Waals surface area contributed by atoms with Crippen LogP contribution in [-0.4, -0.2) is 37.2 Å². The van der Waals surface area contributed by atoms with Crippen LogP contribution in [0.25, 0.3) is 0 Å². The zero-order chi connectivity index (χ0) is 47.2. The van der Waals surface area contributed by atoms with Gasteiger partial charge in [-0.1, -0.05) is 243 Å². The molecule has 65 heavy (non-hydrogen) atoms. The Morgan fingerprint density at radius 2 is 0.554 bits per heavy atom. The van der Waals surface area contributed by atoms with Crippen molar-refractivity contribution in [3.05, 3.63) is 36.5 Å². The Morgan fingerprint density at radius 3 is 0.908 bits per heavy atom. The van der Waals surface area contributed by atoms with Gasteiger partial charge in [0.15, 0.2) is 6.10 Å². The van der Waals surface area contributed by atoms with E-state index in [4.69, 9.17) is 14.2 Å². The lowest BCUT2D eigenvalue weighted by Crippen LogP contribution is -2.30. The van der Waals surface area contributed by atoms with Gasteiger partial charge in [-0.15, -0.1) is 0 Å². The molecule has 0 saturated carbocycles. The minimum Gasteiger partial charge on any atom is -0.462 e. The van der Waals surface area contributed by atoms with Gasteiger partial charge in [0.05, 0.1) is 0 Å². The lowest BCUT2D eigenvalue weighted by atomic mass is 10.0. The van der Waals surface area contributed by atoms with Crippen molar-refractivity contribution in [2.75, 3.05) is 13.2 Å². The molecular formula is C59H108O6. The predicted octanol–water partition coefficient (Wildman–Crippen LogP) is 18.9. The molecule has 0 heterocycles. The molecule has 0 aliphatic carbocycles. The van der Waals surface area contributed by atoms with Gasteiger partial charge in [-0.3, -0.25) is 14.4 Å². The van der Waals surface area contributed by atoms with Crippen molar-refractivity contribution in [2.24, 2.45) is 0 Å². The van der Waals surface area contributed by atoms with E-state index in [1.807, 2.05) is 0 Å².